The third-order valence-corrected chi connectivity index (χ3v) is 3.68. The van der Waals surface area contributed by atoms with Crippen molar-refractivity contribution < 1.29 is 13.2 Å². The molecule has 2 aromatic heterocycles. The van der Waals surface area contributed by atoms with Gasteiger partial charge < -0.3 is 4.57 Å². The Kier molecular flexibility index (Phi) is 3.83. The molecule has 1 aromatic carbocycles. The maximum absolute atomic E-state index is 12.6. The van der Waals surface area contributed by atoms with Crippen molar-refractivity contribution in [3.8, 4) is 0 Å². The highest BCUT2D eigenvalue weighted by atomic mass is 19.4. The van der Waals surface area contributed by atoms with Gasteiger partial charge >= 0.3 is 6.18 Å². The predicted octanol–water partition coefficient (Wildman–Crippen LogP) is 4.62. The Morgan fingerprint density at radius 3 is 2.39 bits per heavy atom. The number of alkyl halides is 3. The van der Waals surface area contributed by atoms with E-state index >= 15 is 0 Å². The minimum absolute atomic E-state index is 0.166. The minimum atomic E-state index is -4.31. The van der Waals surface area contributed by atoms with Crippen LogP contribution in [-0.2, 0) is 12.6 Å². The van der Waals surface area contributed by atoms with Crippen LogP contribution in [-0.4, -0.2) is 14.5 Å². The van der Waals surface area contributed by atoms with Crippen LogP contribution in [0.3, 0.4) is 0 Å². The SMILES string of the molecule is CC(C)n1c(Cc2ccc(C(F)(F)F)cc2)nc2cccnc21. The van der Waals surface area contributed by atoms with Crippen LogP contribution in [0.15, 0.2) is 42.6 Å². The molecular formula is C17H16F3N3. The fourth-order valence-electron chi connectivity index (χ4n) is 2.64. The molecule has 3 nitrogen and oxygen atoms in total. The van der Waals surface area contributed by atoms with Crippen LogP contribution in [0.25, 0.3) is 11.2 Å². The molecule has 0 unspecified atom stereocenters. The van der Waals surface area contributed by atoms with E-state index < -0.39 is 11.7 Å². The number of nitrogens with zero attached hydrogens (tertiary/aromatic N) is 3. The van der Waals surface area contributed by atoms with Gasteiger partial charge in [-0.3, -0.25) is 0 Å². The predicted molar refractivity (Wildman–Crippen MR) is 82.2 cm³/mol. The Hall–Kier alpha value is -2.37. The molecule has 0 aliphatic rings. The third kappa shape index (κ3) is 3.06. The summed E-state index contributed by atoms with van der Waals surface area (Å²) in [5.41, 5.74) is 1.74. The molecule has 2 heterocycles. The number of hydrogen-bond donors (Lipinski definition) is 0. The zero-order valence-corrected chi connectivity index (χ0v) is 12.8. The number of hydrogen-bond acceptors (Lipinski definition) is 2. The third-order valence-electron chi connectivity index (χ3n) is 3.68. The first kappa shape index (κ1) is 15.5. The molecule has 3 aromatic rings. The summed E-state index contributed by atoms with van der Waals surface area (Å²) in [6.07, 6.45) is -2.13. The highest BCUT2D eigenvalue weighted by molar-refractivity contribution is 5.71. The monoisotopic (exact) mass is 319 g/mol. The second kappa shape index (κ2) is 5.68. The molecule has 0 aliphatic carbocycles. The Balaban J connectivity index is 1.97. The van der Waals surface area contributed by atoms with Crippen LogP contribution in [0.5, 0.6) is 0 Å². The molecule has 0 amide bonds. The lowest BCUT2D eigenvalue weighted by molar-refractivity contribution is -0.137. The highest BCUT2D eigenvalue weighted by Gasteiger charge is 2.30. The van der Waals surface area contributed by atoms with Crippen LogP contribution in [0, 0.1) is 0 Å². The molecule has 0 aliphatic heterocycles. The molecule has 6 heteroatoms. The average molecular weight is 319 g/mol. The van der Waals surface area contributed by atoms with Crippen molar-refractivity contribution in [2.45, 2.75) is 32.5 Å². The Bertz CT molecular complexity index is 817. The van der Waals surface area contributed by atoms with Gasteiger partial charge in [-0.05, 0) is 43.7 Å². The molecule has 23 heavy (non-hydrogen) atoms. The molecule has 0 fully saturated rings. The van der Waals surface area contributed by atoms with E-state index in [1.165, 1.54) is 12.1 Å². The zero-order valence-electron chi connectivity index (χ0n) is 12.8. The summed E-state index contributed by atoms with van der Waals surface area (Å²) < 4.78 is 39.9. The van der Waals surface area contributed by atoms with Crippen LogP contribution in [0.2, 0.25) is 0 Å². The first-order valence-electron chi connectivity index (χ1n) is 7.34. The van der Waals surface area contributed by atoms with Gasteiger partial charge in [0.2, 0.25) is 0 Å². The highest BCUT2D eigenvalue weighted by Crippen LogP contribution is 2.29. The van der Waals surface area contributed by atoms with Crippen molar-refractivity contribution in [3.05, 3.63) is 59.5 Å². The molecule has 3 rings (SSSR count). The molecular weight excluding hydrogens is 303 g/mol. The lowest BCUT2D eigenvalue weighted by Gasteiger charge is -2.13. The van der Waals surface area contributed by atoms with Crippen LogP contribution in [0.1, 0.15) is 36.8 Å². The van der Waals surface area contributed by atoms with Gasteiger partial charge in [-0.25, -0.2) is 9.97 Å². The molecule has 0 bridgehead atoms. The minimum Gasteiger partial charge on any atom is -0.310 e. The topological polar surface area (TPSA) is 30.7 Å². The van der Waals surface area contributed by atoms with Gasteiger partial charge in [-0.1, -0.05) is 12.1 Å². The number of benzene rings is 1. The first-order valence-corrected chi connectivity index (χ1v) is 7.34. The van der Waals surface area contributed by atoms with Crippen LogP contribution >= 0.6 is 0 Å². The standard InChI is InChI=1S/C17H16F3N3/c1-11(2)23-15(22-14-4-3-9-21-16(14)23)10-12-5-7-13(8-6-12)17(18,19)20/h3-9,11H,10H2,1-2H3. The summed E-state index contributed by atoms with van der Waals surface area (Å²) in [6, 6.07) is 9.09. The van der Waals surface area contributed by atoms with Crippen molar-refractivity contribution in [3.63, 3.8) is 0 Å². The zero-order chi connectivity index (χ0) is 16.6. The number of aromatic nitrogens is 3. The summed E-state index contributed by atoms with van der Waals surface area (Å²) in [7, 11) is 0. The smallest absolute Gasteiger partial charge is 0.310 e. The number of imidazole rings is 1. The van der Waals surface area contributed by atoms with Crippen molar-refractivity contribution in [2.24, 2.45) is 0 Å². The molecule has 0 saturated carbocycles. The van der Waals surface area contributed by atoms with Gasteiger partial charge in [0, 0.05) is 18.7 Å². The Morgan fingerprint density at radius 1 is 1.09 bits per heavy atom. The van der Waals surface area contributed by atoms with Crippen molar-refractivity contribution in [2.75, 3.05) is 0 Å². The van der Waals surface area contributed by atoms with Gasteiger partial charge in [0.1, 0.15) is 11.3 Å². The van der Waals surface area contributed by atoms with Crippen LogP contribution in [0.4, 0.5) is 13.2 Å². The molecule has 0 radical (unpaired) electrons. The number of halogens is 3. The number of fused-ring (bicyclic) bond motifs is 1. The lowest BCUT2D eigenvalue weighted by Crippen LogP contribution is -2.08. The maximum Gasteiger partial charge on any atom is 0.416 e. The lowest BCUT2D eigenvalue weighted by atomic mass is 10.1. The number of rotatable bonds is 3. The average Bonchev–Trinajstić information content (AvgIpc) is 2.84. The van der Waals surface area contributed by atoms with E-state index in [9.17, 15) is 13.2 Å². The van der Waals surface area contributed by atoms with Gasteiger partial charge in [0.15, 0.2) is 5.65 Å². The Morgan fingerprint density at radius 2 is 1.78 bits per heavy atom. The van der Waals surface area contributed by atoms with Gasteiger partial charge in [0.05, 0.1) is 5.56 Å². The fourth-order valence-corrected chi connectivity index (χ4v) is 2.64. The van der Waals surface area contributed by atoms with E-state index in [0.717, 1.165) is 34.7 Å². The summed E-state index contributed by atoms with van der Waals surface area (Å²) in [5, 5.41) is 0. The van der Waals surface area contributed by atoms with Crippen molar-refractivity contribution in [1.29, 1.82) is 0 Å². The van der Waals surface area contributed by atoms with Gasteiger partial charge in [-0.15, -0.1) is 0 Å². The summed E-state index contributed by atoms with van der Waals surface area (Å²) in [4.78, 5) is 8.94. The van der Waals surface area contributed by atoms with E-state index in [-0.39, 0.29) is 6.04 Å². The van der Waals surface area contributed by atoms with Gasteiger partial charge in [0.25, 0.3) is 0 Å². The molecule has 0 atom stereocenters. The van der Waals surface area contributed by atoms with E-state index in [1.54, 1.807) is 6.20 Å². The maximum atomic E-state index is 12.6. The molecule has 0 saturated heterocycles. The molecule has 0 N–H and O–H groups in total. The normalized spacial score (nSPS) is 12.3. The van der Waals surface area contributed by atoms with E-state index in [1.807, 2.05) is 30.5 Å². The second-order valence-corrected chi connectivity index (χ2v) is 5.71. The summed E-state index contributed by atoms with van der Waals surface area (Å²) in [5.74, 6) is 0.799. The number of pyridine rings is 1. The quantitative estimate of drug-likeness (QED) is 0.705. The van der Waals surface area contributed by atoms with Crippen molar-refractivity contribution in [1.82, 2.24) is 14.5 Å². The molecule has 120 valence electrons. The molecule has 0 spiro atoms. The largest absolute Gasteiger partial charge is 0.416 e. The van der Waals surface area contributed by atoms with Gasteiger partial charge in [-0.2, -0.15) is 13.2 Å². The second-order valence-electron chi connectivity index (χ2n) is 5.71. The fraction of sp³-hybridized carbons (Fsp3) is 0.294. The van der Waals surface area contributed by atoms with E-state index in [0.29, 0.717) is 6.42 Å². The van der Waals surface area contributed by atoms with Crippen LogP contribution < -0.4 is 0 Å². The summed E-state index contributed by atoms with van der Waals surface area (Å²) >= 11 is 0. The van der Waals surface area contributed by atoms with E-state index in [2.05, 4.69) is 9.97 Å². The van der Waals surface area contributed by atoms with E-state index in [4.69, 9.17) is 0 Å². The van der Waals surface area contributed by atoms with Crippen molar-refractivity contribution >= 4 is 11.2 Å². The Labute approximate surface area is 131 Å². The first-order chi connectivity index (χ1) is 10.9. The summed E-state index contributed by atoms with van der Waals surface area (Å²) in [6.45, 7) is 4.07.